The molecule has 0 heterocycles. The fraction of sp³-hybridized carbons (Fsp3) is 0.571. The van der Waals surface area contributed by atoms with Crippen LogP contribution >= 0.6 is 0 Å². The van der Waals surface area contributed by atoms with E-state index in [-0.39, 0.29) is 5.78 Å². The van der Waals surface area contributed by atoms with Gasteiger partial charge in [-0.3, -0.25) is 4.79 Å². The van der Waals surface area contributed by atoms with Crippen LogP contribution in [0.4, 0.5) is 4.39 Å². The van der Waals surface area contributed by atoms with Crippen molar-refractivity contribution >= 4 is 5.78 Å². The number of alkyl halides is 1. The van der Waals surface area contributed by atoms with E-state index < -0.39 is 6.67 Å². The van der Waals surface area contributed by atoms with Gasteiger partial charge in [0.1, 0.15) is 6.67 Å². The van der Waals surface area contributed by atoms with E-state index in [0.717, 1.165) is 6.42 Å². The van der Waals surface area contributed by atoms with E-state index in [4.69, 9.17) is 0 Å². The second-order valence-corrected chi connectivity index (χ2v) is 1.77. The van der Waals surface area contributed by atoms with Gasteiger partial charge in [0.25, 0.3) is 0 Å². The Kier molecular flexibility index (Phi) is 5.07. The highest BCUT2D eigenvalue weighted by molar-refractivity contribution is 5.89. The van der Waals surface area contributed by atoms with Gasteiger partial charge in [0, 0.05) is 6.42 Å². The molecule has 0 aliphatic rings. The van der Waals surface area contributed by atoms with Crippen LogP contribution in [0, 0.1) is 0 Å². The Morgan fingerprint density at radius 1 is 1.67 bits per heavy atom. The molecule has 52 valence electrons. The minimum atomic E-state index is -0.546. The standard InChI is InChI=1S/C7H11FO/c1-2-4-7(9)5-3-6-8/h3,5H,2,4,6H2,1H3/b5-3+. The lowest BCUT2D eigenvalue weighted by Crippen LogP contribution is -1.89. The Balaban J connectivity index is 3.37. The summed E-state index contributed by atoms with van der Waals surface area (Å²) in [4.78, 5) is 10.5. The van der Waals surface area contributed by atoms with Gasteiger partial charge in [-0.2, -0.15) is 0 Å². The summed E-state index contributed by atoms with van der Waals surface area (Å²) in [5.74, 6) is 0.00940. The second-order valence-electron chi connectivity index (χ2n) is 1.77. The molecule has 0 saturated heterocycles. The number of halogens is 1. The summed E-state index contributed by atoms with van der Waals surface area (Å²) in [6.07, 6.45) is 3.88. The highest BCUT2D eigenvalue weighted by Crippen LogP contribution is 1.89. The van der Waals surface area contributed by atoms with Gasteiger partial charge in [0.15, 0.2) is 5.78 Å². The Hall–Kier alpha value is -0.660. The summed E-state index contributed by atoms with van der Waals surface area (Å²) < 4.78 is 11.4. The van der Waals surface area contributed by atoms with Crippen molar-refractivity contribution in [2.75, 3.05) is 6.67 Å². The third-order valence-electron chi connectivity index (χ3n) is 0.889. The molecular formula is C7H11FO. The third kappa shape index (κ3) is 5.21. The summed E-state index contributed by atoms with van der Waals surface area (Å²) in [6, 6.07) is 0. The number of hydrogen-bond donors (Lipinski definition) is 0. The van der Waals surface area contributed by atoms with Crippen LogP contribution in [0.1, 0.15) is 19.8 Å². The fourth-order valence-corrected chi connectivity index (χ4v) is 0.506. The summed E-state index contributed by atoms with van der Waals surface area (Å²) in [6.45, 7) is 1.37. The second kappa shape index (κ2) is 5.48. The van der Waals surface area contributed by atoms with E-state index in [1.165, 1.54) is 12.2 Å². The first-order valence-corrected chi connectivity index (χ1v) is 3.06. The summed E-state index contributed by atoms with van der Waals surface area (Å²) in [7, 11) is 0. The highest BCUT2D eigenvalue weighted by Gasteiger charge is 1.90. The molecule has 0 aromatic heterocycles. The van der Waals surface area contributed by atoms with E-state index in [0.29, 0.717) is 6.42 Å². The molecule has 0 rings (SSSR count). The lowest BCUT2D eigenvalue weighted by molar-refractivity contribution is -0.114. The maximum atomic E-state index is 11.4. The van der Waals surface area contributed by atoms with E-state index >= 15 is 0 Å². The molecule has 9 heavy (non-hydrogen) atoms. The lowest BCUT2D eigenvalue weighted by Gasteiger charge is -1.85. The predicted octanol–water partition coefficient (Wildman–Crippen LogP) is 1.88. The molecule has 2 heteroatoms. The SMILES string of the molecule is CCCC(=O)/C=C/CF. The first kappa shape index (κ1) is 8.34. The molecule has 0 amide bonds. The molecule has 0 radical (unpaired) electrons. The minimum Gasteiger partial charge on any atom is -0.295 e. The first-order valence-electron chi connectivity index (χ1n) is 3.06. The van der Waals surface area contributed by atoms with Crippen molar-refractivity contribution in [1.29, 1.82) is 0 Å². The number of ketones is 1. The van der Waals surface area contributed by atoms with Gasteiger partial charge in [-0.1, -0.05) is 13.0 Å². The molecule has 0 aromatic carbocycles. The molecule has 0 aliphatic heterocycles. The molecule has 0 aromatic rings. The zero-order valence-corrected chi connectivity index (χ0v) is 5.56. The van der Waals surface area contributed by atoms with Crippen molar-refractivity contribution in [3.63, 3.8) is 0 Å². The van der Waals surface area contributed by atoms with Crippen molar-refractivity contribution in [1.82, 2.24) is 0 Å². The van der Waals surface area contributed by atoms with Crippen LogP contribution in [0.15, 0.2) is 12.2 Å². The number of rotatable bonds is 4. The minimum absolute atomic E-state index is 0.00940. The molecule has 0 saturated carbocycles. The molecular weight excluding hydrogens is 119 g/mol. The Morgan fingerprint density at radius 3 is 2.78 bits per heavy atom. The predicted molar refractivity (Wildman–Crippen MR) is 35.0 cm³/mol. The largest absolute Gasteiger partial charge is 0.295 e. The molecule has 0 bridgehead atoms. The monoisotopic (exact) mass is 130 g/mol. The van der Waals surface area contributed by atoms with Crippen molar-refractivity contribution < 1.29 is 9.18 Å². The Morgan fingerprint density at radius 2 is 2.33 bits per heavy atom. The van der Waals surface area contributed by atoms with Crippen molar-refractivity contribution in [3.8, 4) is 0 Å². The normalized spacial score (nSPS) is 10.4. The molecule has 0 atom stereocenters. The summed E-state index contributed by atoms with van der Waals surface area (Å²) in [5.41, 5.74) is 0. The van der Waals surface area contributed by atoms with Crippen LogP contribution in [-0.2, 0) is 4.79 Å². The quantitative estimate of drug-likeness (QED) is 0.531. The van der Waals surface area contributed by atoms with Crippen molar-refractivity contribution in [2.45, 2.75) is 19.8 Å². The number of carbonyl (C=O) groups excluding carboxylic acids is 1. The van der Waals surface area contributed by atoms with Gasteiger partial charge in [-0.25, -0.2) is 4.39 Å². The van der Waals surface area contributed by atoms with Gasteiger partial charge in [0.2, 0.25) is 0 Å². The van der Waals surface area contributed by atoms with Crippen molar-refractivity contribution in [2.24, 2.45) is 0 Å². The average molecular weight is 130 g/mol. The smallest absolute Gasteiger partial charge is 0.155 e. The molecule has 0 spiro atoms. The van der Waals surface area contributed by atoms with E-state index in [9.17, 15) is 9.18 Å². The van der Waals surface area contributed by atoms with Crippen LogP contribution in [0.25, 0.3) is 0 Å². The molecule has 0 unspecified atom stereocenters. The first-order chi connectivity index (χ1) is 4.31. The van der Waals surface area contributed by atoms with Crippen LogP contribution in [0.3, 0.4) is 0 Å². The number of allylic oxidation sites excluding steroid dienone is 2. The maximum Gasteiger partial charge on any atom is 0.155 e. The van der Waals surface area contributed by atoms with Crippen LogP contribution in [0.5, 0.6) is 0 Å². The summed E-state index contributed by atoms with van der Waals surface area (Å²) in [5, 5.41) is 0. The van der Waals surface area contributed by atoms with Crippen LogP contribution < -0.4 is 0 Å². The summed E-state index contributed by atoms with van der Waals surface area (Å²) >= 11 is 0. The topological polar surface area (TPSA) is 17.1 Å². The molecule has 1 nitrogen and oxygen atoms in total. The third-order valence-corrected chi connectivity index (χ3v) is 0.889. The van der Waals surface area contributed by atoms with Crippen LogP contribution in [-0.4, -0.2) is 12.5 Å². The Bertz CT molecular complexity index is 107. The van der Waals surface area contributed by atoms with Crippen molar-refractivity contribution in [3.05, 3.63) is 12.2 Å². The van der Waals surface area contributed by atoms with E-state index in [1.807, 2.05) is 6.92 Å². The highest BCUT2D eigenvalue weighted by atomic mass is 19.1. The van der Waals surface area contributed by atoms with Gasteiger partial charge in [-0.05, 0) is 12.5 Å². The van der Waals surface area contributed by atoms with Gasteiger partial charge >= 0.3 is 0 Å². The van der Waals surface area contributed by atoms with Gasteiger partial charge in [-0.15, -0.1) is 0 Å². The van der Waals surface area contributed by atoms with Gasteiger partial charge in [0.05, 0.1) is 0 Å². The van der Waals surface area contributed by atoms with Crippen LogP contribution in [0.2, 0.25) is 0 Å². The zero-order valence-electron chi connectivity index (χ0n) is 5.56. The lowest BCUT2D eigenvalue weighted by atomic mass is 10.2. The Labute approximate surface area is 54.6 Å². The van der Waals surface area contributed by atoms with E-state index in [2.05, 4.69) is 0 Å². The maximum absolute atomic E-state index is 11.4. The van der Waals surface area contributed by atoms with Gasteiger partial charge < -0.3 is 0 Å². The average Bonchev–Trinajstić information content (AvgIpc) is 1.85. The molecule has 0 fully saturated rings. The molecule has 0 aliphatic carbocycles. The van der Waals surface area contributed by atoms with E-state index in [1.54, 1.807) is 0 Å². The molecule has 0 N–H and O–H groups in total. The zero-order chi connectivity index (χ0) is 7.11. The number of hydrogen-bond acceptors (Lipinski definition) is 1. The fourth-order valence-electron chi connectivity index (χ4n) is 0.506. The number of carbonyl (C=O) groups is 1.